The van der Waals surface area contributed by atoms with Crippen LogP contribution < -0.4 is 5.32 Å². The van der Waals surface area contributed by atoms with Gasteiger partial charge in [0.2, 0.25) is 5.91 Å². The van der Waals surface area contributed by atoms with Gasteiger partial charge in [-0.15, -0.1) is 11.3 Å². The number of nitrogens with one attached hydrogen (secondary N) is 1. The molecule has 2 rings (SSSR count). The highest BCUT2D eigenvalue weighted by atomic mass is 32.1. The molecule has 0 aliphatic heterocycles. The largest absolute Gasteiger partial charge is 0.320 e. The number of anilines is 1. The van der Waals surface area contributed by atoms with Crippen LogP contribution in [0.15, 0.2) is 35.9 Å². The fourth-order valence-electron chi connectivity index (χ4n) is 1.36. The second kappa shape index (κ2) is 5.55. The molecule has 1 aromatic heterocycles. The van der Waals surface area contributed by atoms with E-state index in [9.17, 15) is 9.18 Å². The fourth-order valence-corrected chi connectivity index (χ4v) is 1.89. The Labute approximate surface area is 108 Å². The van der Waals surface area contributed by atoms with Gasteiger partial charge in [-0.3, -0.25) is 4.79 Å². The highest BCUT2D eigenvalue weighted by Crippen LogP contribution is 2.15. The van der Waals surface area contributed by atoms with Crippen molar-refractivity contribution in [3.05, 3.63) is 52.2 Å². The van der Waals surface area contributed by atoms with Crippen LogP contribution in [0.3, 0.4) is 0 Å². The summed E-state index contributed by atoms with van der Waals surface area (Å²) in [4.78, 5) is 15.6. The van der Waals surface area contributed by atoms with Crippen molar-refractivity contribution in [1.82, 2.24) is 4.98 Å². The number of aryl methyl sites for hydroxylation is 1. The van der Waals surface area contributed by atoms with Gasteiger partial charge in [0, 0.05) is 17.7 Å². The van der Waals surface area contributed by atoms with Crippen molar-refractivity contribution in [2.24, 2.45) is 0 Å². The first-order valence-corrected chi connectivity index (χ1v) is 6.18. The molecule has 0 spiro atoms. The number of benzene rings is 1. The summed E-state index contributed by atoms with van der Waals surface area (Å²) in [6.07, 6.45) is 4.58. The molecule has 0 fully saturated rings. The van der Waals surface area contributed by atoms with Gasteiger partial charge in [-0.05, 0) is 30.7 Å². The number of aromatic nitrogens is 1. The average Bonchev–Trinajstić information content (AvgIpc) is 2.83. The summed E-state index contributed by atoms with van der Waals surface area (Å²) < 4.78 is 13.5. The first kappa shape index (κ1) is 12.4. The topological polar surface area (TPSA) is 42.0 Å². The molecule has 5 heteroatoms. The Bertz CT molecular complexity index is 579. The predicted molar refractivity (Wildman–Crippen MR) is 70.9 cm³/mol. The predicted octanol–water partition coefficient (Wildman–Crippen LogP) is 3.24. The molecule has 0 bridgehead atoms. The Morgan fingerprint density at radius 2 is 2.33 bits per heavy atom. The molecule has 1 amide bonds. The number of thiazole rings is 1. The maximum absolute atomic E-state index is 13.5. The van der Waals surface area contributed by atoms with Crippen LogP contribution in [0.4, 0.5) is 10.1 Å². The van der Waals surface area contributed by atoms with Gasteiger partial charge in [0.25, 0.3) is 0 Å². The summed E-state index contributed by atoms with van der Waals surface area (Å²) in [7, 11) is 0. The SMILES string of the molecule is Cc1ccc(NC(=O)C=Cc2nccs2)c(F)c1. The van der Waals surface area contributed by atoms with E-state index >= 15 is 0 Å². The molecule has 92 valence electrons. The summed E-state index contributed by atoms with van der Waals surface area (Å²) in [5.74, 6) is -0.820. The van der Waals surface area contributed by atoms with Crippen molar-refractivity contribution in [2.75, 3.05) is 5.32 Å². The minimum atomic E-state index is -0.439. The third-order valence-electron chi connectivity index (χ3n) is 2.21. The third-order valence-corrected chi connectivity index (χ3v) is 2.95. The number of carbonyl (C=O) groups is 1. The molecule has 18 heavy (non-hydrogen) atoms. The summed E-state index contributed by atoms with van der Waals surface area (Å²) >= 11 is 1.42. The normalized spacial score (nSPS) is 10.8. The zero-order chi connectivity index (χ0) is 13.0. The molecule has 2 aromatic rings. The van der Waals surface area contributed by atoms with E-state index in [1.165, 1.54) is 23.5 Å². The van der Waals surface area contributed by atoms with Gasteiger partial charge in [0.1, 0.15) is 10.8 Å². The maximum Gasteiger partial charge on any atom is 0.248 e. The van der Waals surface area contributed by atoms with Crippen molar-refractivity contribution in [3.63, 3.8) is 0 Å². The molecule has 0 aliphatic carbocycles. The van der Waals surface area contributed by atoms with E-state index < -0.39 is 5.82 Å². The minimum absolute atomic E-state index is 0.175. The molecular weight excluding hydrogens is 251 g/mol. The lowest BCUT2D eigenvalue weighted by atomic mass is 10.2. The number of halogens is 1. The van der Waals surface area contributed by atoms with Gasteiger partial charge in [0.15, 0.2) is 0 Å². The molecule has 0 saturated heterocycles. The average molecular weight is 262 g/mol. The monoisotopic (exact) mass is 262 g/mol. The number of amides is 1. The van der Waals surface area contributed by atoms with Crippen molar-refractivity contribution < 1.29 is 9.18 Å². The molecule has 0 radical (unpaired) electrons. The van der Waals surface area contributed by atoms with Crippen LogP contribution in [-0.2, 0) is 4.79 Å². The van der Waals surface area contributed by atoms with Gasteiger partial charge >= 0.3 is 0 Å². The molecule has 0 aliphatic rings. The Morgan fingerprint density at radius 1 is 1.50 bits per heavy atom. The summed E-state index contributed by atoms with van der Waals surface area (Å²) in [6.45, 7) is 1.79. The van der Waals surface area contributed by atoms with Crippen molar-refractivity contribution >= 4 is 29.0 Å². The van der Waals surface area contributed by atoms with Crippen LogP contribution in [-0.4, -0.2) is 10.9 Å². The first-order valence-electron chi connectivity index (χ1n) is 5.30. The lowest BCUT2D eigenvalue weighted by Gasteiger charge is -2.04. The zero-order valence-electron chi connectivity index (χ0n) is 9.68. The van der Waals surface area contributed by atoms with Crippen LogP contribution in [0.5, 0.6) is 0 Å². The zero-order valence-corrected chi connectivity index (χ0v) is 10.5. The maximum atomic E-state index is 13.5. The lowest BCUT2D eigenvalue weighted by molar-refractivity contribution is -0.111. The Balaban J connectivity index is 2.03. The number of hydrogen-bond donors (Lipinski definition) is 1. The van der Waals surface area contributed by atoms with Crippen LogP contribution in [0, 0.1) is 12.7 Å². The van der Waals surface area contributed by atoms with E-state index in [1.54, 1.807) is 31.3 Å². The summed E-state index contributed by atoms with van der Waals surface area (Å²) in [5, 5.41) is 5.02. The number of hydrogen-bond acceptors (Lipinski definition) is 3. The fraction of sp³-hybridized carbons (Fsp3) is 0.0769. The van der Waals surface area contributed by atoms with E-state index in [-0.39, 0.29) is 11.6 Å². The number of rotatable bonds is 3. The van der Waals surface area contributed by atoms with Gasteiger partial charge in [-0.1, -0.05) is 6.07 Å². The molecule has 0 atom stereocenters. The Kier molecular flexibility index (Phi) is 3.84. The smallest absolute Gasteiger partial charge is 0.248 e. The van der Waals surface area contributed by atoms with E-state index in [0.29, 0.717) is 0 Å². The lowest BCUT2D eigenvalue weighted by Crippen LogP contribution is -2.09. The van der Waals surface area contributed by atoms with E-state index in [0.717, 1.165) is 10.6 Å². The van der Waals surface area contributed by atoms with E-state index in [2.05, 4.69) is 10.3 Å². The summed E-state index contributed by atoms with van der Waals surface area (Å²) in [6, 6.07) is 4.66. The molecule has 1 aromatic carbocycles. The Hall–Kier alpha value is -2.01. The quantitative estimate of drug-likeness (QED) is 0.863. The Morgan fingerprint density at radius 3 is 3.00 bits per heavy atom. The number of nitrogens with zero attached hydrogens (tertiary/aromatic N) is 1. The highest BCUT2D eigenvalue weighted by Gasteiger charge is 2.04. The number of carbonyl (C=O) groups excluding carboxylic acids is 1. The van der Waals surface area contributed by atoms with Crippen LogP contribution in [0.1, 0.15) is 10.6 Å². The molecule has 0 saturated carbocycles. The van der Waals surface area contributed by atoms with Crippen molar-refractivity contribution in [3.8, 4) is 0 Å². The standard InChI is InChI=1S/C13H11FN2OS/c1-9-2-3-11(10(14)8-9)16-12(17)4-5-13-15-6-7-18-13/h2-8H,1H3,(H,16,17). The molecular formula is C13H11FN2OS. The second-order valence-corrected chi connectivity index (χ2v) is 4.60. The highest BCUT2D eigenvalue weighted by molar-refractivity contribution is 7.10. The second-order valence-electron chi connectivity index (χ2n) is 3.68. The van der Waals surface area contributed by atoms with Gasteiger partial charge < -0.3 is 5.32 Å². The summed E-state index contributed by atoms with van der Waals surface area (Å²) in [5.41, 5.74) is 0.984. The van der Waals surface area contributed by atoms with E-state index in [4.69, 9.17) is 0 Å². The van der Waals surface area contributed by atoms with Crippen LogP contribution >= 0.6 is 11.3 Å². The van der Waals surface area contributed by atoms with Gasteiger partial charge in [-0.25, -0.2) is 9.37 Å². The van der Waals surface area contributed by atoms with Crippen LogP contribution in [0.25, 0.3) is 6.08 Å². The molecule has 0 unspecified atom stereocenters. The van der Waals surface area contributed by atoms with Crippen LogP contribution in [0.2, 0.25) is 0 Å². The van der Waals surface area contributed by atoms with Crippen molar-refractivity contribution in [2.45, 2.75) is 6.92 Å². The molecule has 1 N–H and O–H groups in total. The van der Waals surface area contributed by atoms with Gasteiger partial charge in [0.05, 0.1) is 5.69 Å². The van der Waals surface area contributed by atoms with Crippen molar-refractivity contribution in [1.29, 1.82) is 0 Å². The minimum Gasteiger partial charge on any atom is -0.320 e. The molecule has 3 nitrogen and oxygen atoms in total. The van der Waals surface area contributed by atoms with E-state index in [1.807, 2.05) is 5.38 Å². The third kappa shape index (κ3) is 3.24. The molecule has 1 heterocycles. The van der Waals surface area contributed by atoms with Gasteiger partial charge in [-0.2, -0.15) is 0 Å². The first-order chi connectivity index (χ1) is 8.65.